The molecule has 0 aromatic heterocycles. The summed E-state index contributed by atoms with van der Waals surface area (Å²) in [5.74, 6) is -1.13. The first kappa shape index (κ1) is 16.2. The topological polar surface area (TPSA) is 81.7 Å². The van der Waals surface area contributed by atoms with Crippen molar-refractivity contribution in [3.63, 3.8) is 0 Å². The van der Waals surface area contributed by atoms with E-state index in [9.17, 15) is 9.32 Å². The molecular weight excluding hydrogens is 243 g/mol. The predicted molar refractivity (Wildman–Crippen MR) is 48.8 cm³/mol. The molecule has 0 aliphatic carbocycles. The monoisotopic (exact) mass is 258 g/mol. The molecule has 0 rings (SSSR count). The fourth-order valence-corrected chi connectivity index (χ4v) is 0.602. The lowest BCUT2D eigenvalue weighted by molar-refractivity contribution is -0.211. The second-order valence-electron chi connectivity index (χ2n) is 2.49. The highest BCUT2D eigenvalue weighted by Gasteiger charge is 2.01. The first-order valence-corrected chi connectivity index (χ1v) is 4.50. The summed E-state index contributed by atoms with van der Waals surface area (Å²) in [7, 11) is 1.49. The largest absolute Gasteiger partial charge is 0.374 e. The van der Waals surface area contributed by atoms with Crippen LogP contribution in [0.15, 0.2) is 0 Å². The van der Waals surface area contributed by atoms with Gasteiger partial charge in [0.1, 0.15) is 13.6 Å². The third kappa shape index (κ3) is 13.1. The molecule has 0 unspecified atom stereocenters. The van der Waals surface area contributed by atoms with Crippen molar-refractivity contribution in [2.24, 2.45) is 0 Å². The van der Waals surface area contributed by atoms with Crippen LogP contribution in [0.25, 0.3) is 0 Å². The average molecular weight is 258 g/mol. The summed E-state index contributed by atoms with van der Waals surface area (Å²) >= 11 is 0. The molecule has 0 heterocycles. The molecule has 0 saturated heterocycles. The molecule has 0 fully saturated rings. The van der Waals surface area contributed by atoms with Gasteiger partial charge in [0.15, 0.2) is 27.0 Å². The highest BCUT2D eigenvalue weighted by Crippen LogP contribution is 1.85. The maximum atomic E-state index is 11.2. The minimum absolute atomic E-state index is 0.0315. The first-order valence-electron chi connectivity index (χ1n) is 4.50. The number of hydrogen-bond donors (Lipinski definition) is 0. The fourth-order valence-electron chi connectivity index (χ4n) is 0.602. The molecular formula is C8H15FO8. The maximum absolute atomic E-state index is 11.2. The molecule has 0 aromatic carbocycles. The van der Waals surface area contributed by atoms with Crippen LogP contribution in [-0.4, -0.2) is 53.7 Å². The standard InChI is InChI=1S/C8H15FO8/c1-11-3-13-5-15-7-16-6-14-4-12-2-8(10)17-9/h2-7H2,1H3. The van der Waals surface area contributed by atoms with E-state index in [0.717, 1.165) is 0 Å². The van der Waals surface area contributed by atoms with Gasteiger partial charge in [-0.25, -0.2) is 4.79 Å². The van der Waals surface area contributed by atoms with Gasteiger partial charge >= 0.3 is 5.97 Å². The molecule has 0 radical (unpaired) electrons. The molecule has 0 N–H and O–H groups in total. The van der Waals surface area contributed by atoms with Gasteiger partial charge in [0.25, 0.3) is 0 Å². The van der Waals surface area contributed by atoms with Gasteiger partial charge in [-0.2, -0.15) is 0 Å². The zero-order valence-corrected chi connectivity index (χ0v) is 9.39. The van der Waals surface area contributed by atoms with Crippen molar-refractivity contribution < 1.29 is 42.7 Å². The van der Waals surface area contributed by atoms with E-state index >= 15 is 0 Å². The molecule has 102 valence electrons. The summed E-state index contributed by atoms with van der Waals surface area (Å²) in [6.45, 7) is -0.722. The summed E-state index contributed by atoms with van der Waals surface area (Å²) in [6, 6.07) is 0. The number of methoxy groups -OCH3 is 1. The van der Waals surface area contributed by atoms with Gasteiger partial charge in [-0.05, 0) is 0 Å². The van der Waals surface area contributed by atoms with E-state index in [1.807, 2.05) is 0 Å². The summed E-state index contributed by atoms with van der Waals surface area (Å²) in [6.07, 6.45) is 0. The van der Waals surface area contributed by atoms with E-state index in [-0.39, 0.29) is 34.0 Å². The van der Waals surface area contributed by atoms with Crippen LogP contribution in [-0.2, 0) is 38.2 Å². The Bertz CT molecular complexity index is 179. The maximum Gasteiger partial charge on any atom is 0.374 e. The second kappa shape index (κ2) is 13.2. The van der Waals surface area contributed by atoms with Crippen LogP contribution < -0.4 is 0 Å². The Hall–Kier alpha value is -0.840. The molecule has 9 heteroatoms. The summed E-state index contributed by atoms with van der Waals surface area (Å²) < 4.78 is 39.5. The Morgan fingerprint density at radius 3 is 1.82 bits per heavy atom. The zero-order chi connectivity index (χ0) is 12.8. The van der Waals surface area contributed by atoms with E-state index in [1.165, 1.54) is 7.11 Å². The van der Waals surface area contributed by atoms with Crippen LogP contribution in [0.3, 0.4) is 0 Å². The Balaban J connectivity index is 2.96. The molecule has 0 aliphatic rings. The van der Waals surface area contributed by atoms with Crippen molar-refractivity contribution in [3.8, 4) is 0 Å². The number of hydrogen-bond acceptors (Lipinski definition) is 8. The van der Waals surface area contributed by atoms with E-state index in [0.29, 0.717) is 0 Å². The summed E-state index contributed by atoms with van der Waals surface area (Å²) in [5.41, 5.74) is 0. The van der Waals surface area contributed by atoms with Gasteiger partial charge in [0.05, 0.1) is 0 Å². The Labute approximate surface area is 97.3 Å². The second-order valence-corrected chi connectivity index (χ2v) is 2.49. The molecule has 0 spiro atoms. The van der Waals surface area contributed by atoms with Crippen LogP contribution in [0.1, 0.15) is 0 Å². The molecule has 0 aliphatic heterocycles. The Morgan fingerprint density at radius 2 is 1.35 bits per heavy atom. The minimum atomic E-state index is -1.13. The van der Waals surface area contributed by atoms with E-state index in [4.69, 9.17) is 18.9 Å². The van der Waals surface area contributed by atoms with Crippen molar-refractivity contribution in [2.75, 3.05) is 47.7 Å². The average Bonchev–Trinajstić information content (AvgIpc) is 2.35. The van der Waals surface area contributed by atoms with Gasteiger partial charge in [-0.15, -0.1) is 0 Å². The lowest BCUT2D eigenvalue weighted by Crippen LogP contribution is -2.13. The number of carbonyl (C=O) groups is 1. The molecule has 8 nitrogen and oxygen atoms in total. The zero-order valence-electron chi connectivity index (χ0n) is 9.39. The van der Waals surface area contributed by atoms with E-state index < -0.39 is 12.6 Å². The van der Waals surface area contributed by atoms with Crippen LogP contribution in [0.5, 0.6) is 0 Å². The lowest BCUT2D eigenvalue weighted by Gasteiger charge is -2.06. The lowest BCUT2D eigenvalue weighted by atomic mass is 10.7. The fraction of sp³-hybridized carbons (Fsp3) is 0.875. The molecule has 0 amide bonds. The molecule has 0 saturated carbocycles. The number of ether oxygens (including phenoxy) is 6. The quantitative estimate of drug-likeness (QED) is 0.355. The number of halogens is 1. The van der Waals surface area contributed by atoms with Crippen LogP contribution in [0.2, 0.25) is 0 Å². The van der Waals surface area contributed by atoms with Crippen molar-refractivity contribution in [1.82, 2.24) is 0 Å². The normalized spacial score (nSPS) is 10.5. The van der Waals surface area contributed by atoms with Gasteiger partial charge in [0.2, 0.25) is 0 Å². The minimum Gasteiger partial charge on any atom is -0.359 e. The third-order valence-corrected chi connectivity index (χ3v) is 1.17. The first-order chi connectivity index (χ1) is 8.31. The van der Waals surface area contributed by atoms with Gasteiger partial charge in [-0.3, -0.25) is 4.94 Å². The van der Waals surface area contributed by atoms with Crippen molar-refractivity contribution >= 4 is 5.97 Å². The van der Waals surface area contributed by atoms with Gasteiger partial charge in [0, 0.05) is 11.6 Å². The third-order valence-electron chi connectivity index (χ3n) is 1.17. The highest BCUT2D eigenvalue weighted by molar-refractivity contribution is 5.69. The Morgan fingerprint density at radius 1 is 0.882 bits per heavy atom. The number of carbonyl (C=O) groups excluding carboxylic acids is 1. The van der Waals surface area contributed by atoms with Crippen molar-refractivity contribution in [2.45, 2.75) is 0 Å². The van der Waals surface area contributed by atoms with Gasteiger partial charge < -0.3 is 28.4 Å². The van der Waals surface area contributed by atoms with Crippen molar-refractivity contribution in [1.29, 1.82) is 0 Å². The molecule has 0 atom stereocenters. The molecule has 0 bridgehead atoms. The van der Waals surface area contributed by atoms with Crippen LogP contribution >= 0.6 is 0 Å². The highest BCUT2D eigenvalue weighted by atomic mass is 19.3. The molecule has 17 heavy (non-hydrogen) atoms. The molecule has 0 aromatic rings. The smallest absolute Gasteiger partial charge is 0.359 e. The van der Waals surface area contributed by atoms with Gasteiger partial charge in [-0.1, -0.05) is 0 Å². The van der Waals surface area contributed by atoms with Crippen molar-refractivity contribution in [3.05, 3.63) is 0 Å². The summed E-state index contributed by atoms with van der Waals surface area (Å²) in [5, 5.41) is 0. The predicted octanol–water partition coefficient (Wildman–Crippen LogP) is -0.0690. The SMILES string of the molecule is COCOCOCOCOCOCC(=O)OF. The summed E-state index contributed by atoms with van der Waals surface area (Å²) in [4.78, 5) is 13.1. The number of rotatable bonds is 12. The Kier molecular flexibility index (Phi) is 12.6. The van der Waals surface area contributed by atoms with Crippen LogP contribution in [0.4, 0.5) is 4.53 Å². The van der Waals surface area contributed by atoms with E-state index in [2.05, 4.69) is 14.4 Å². The van der Waals surface area contributed by atoms with Crippen LogP contribution in [0, 0.1) is 0 Å². The van der Waals surface area contributed by atoms with E-state index in [1.54, 1.807) is 0 Å².